The molecule has 0 aliphatic carbocycles. The predicted molar refractivity (Wildman–Crippen MR) is 55.7 cm³/mol. The predicted octanol–water partition coefficient (Wildman–Crippen LogP) is 2.29. The maximum Gasteiger partial charge on any atom is 0.185 e. The first-order chi connectivity index (χ1) is 6.29. The minimum Gasteiger partial charge on any atom is -0.288 e. The van der Waals surface area contributed by atoms with Gasteiger partial charge in [0.05, 0.1) is 0 Å². The van der Waals surface area contributed by atoms with Crippen LogP contribution in [0.4, 0.5) is 0 Å². The highest BCUT2D eigenvalue weighted by Gasteiger charge is 1.95. The lowest BCUT2D eigenvalue weighted by Gasteiger charge is -1.98. The first-order valence-corrected chi connectivity index (χ1v) is 5.30. The van der Waals surface area contributed by atoms with E-state index in [1.807, 2.05) is 12.3 Å². The number of aromatic nitrogens is 1. The molecule has 1 heterocycles. The van der Waals surface area contributed by atoms with Crippen molar-refractivity contribution < 1.29 is 4.79 Å². The van der Waals surface area contributed by atoms with E-state index in [4.69, 9.17) is 0 Å². The highest BCUT2D eigenvalue weighted by Crippen LogP contribution is 2.07. The number of carbonyl (C=O) groups excluding carboxylic acids is 1. The third-order valence-corrected chi connectivity index (χ3v) is 2.54. The Morgan fingerprint density at radius 1 is 1.62 bits per heavy atom. The summed E-state index contributed by atoms with van der Waals surface area (Å²) in [5.41, 5.74) is 1.24. The average molecular weight is 195 g/mol. The van der Waals surface area contributed by atoms with Crippen molar-refractivity contribution in [1.82, 2.24) is 4.98 Å². The monoisotopic (exact) mass is 195 g/mol. The molecular formula is C10H13NOS. The molecule has 0 fully saturated rings. The minimum absolute atomic E-state index is 0.200. The number of nitrogens with zero attached hydrogens (tertiary/aromatic N) is 1. The Bertz CT molecular complexity index is 261. The summed E-state index contributed by atoms with van der Waals surface area (Å²) in [6, 6.07) is 4.00. The number of pyridine rings is 1. The highest BCUT2D eigenvalue weighted by atomic mass is 32.2. The Labute approximate surface area is 82.8 Å². The summed E-state index contributed by atoms with van der Waals surface area (Å²) in [4.78, 5) is 14.6. The summed E-state index contributed by atoms with van der Waals surface area (Å²) < 4.78 is 0. The SMILES string of the molecule is CC(=O)SCCCc1cccnc1. The third-order valence-electron chi connectivity index (χ3n) is 1.64. The van der Waals surface area contributed by atoms with Crippen molar-refractivity contribution in [2.24, 2.45) is 0 Å². The van der Waals surface area contributed by atoms with Gasteiger partial charge in [-0.15, -0.1) is 0 Å². The van der Waals surface area contributed by atoms with Gasteiger partial charge in [-0.2, -0.15) is 0 Å². The zero-order valence-electron chi connectivity index (χ0n) is 7.69. The van der Waals surface area contributed by atoms with Crippen LogP contribution in [0.3, 0.4) is 0 Å². The molecule has 1 aromatic rings. The van der Waals surface area contributed by atoms with E-state index in [2.05, 4.69) is 11.1 Å². The smallest absolute Gasteiger partial charge is 0.185 e. The highest BCUT2D eigenvalue weighted by molar-refractivity contribution is 8.13. The van der Waals surface area contributed by atoms with Gasteiger partial charge in [0.1, 0.15) is 0 Å². The van der Waals surface area contributed by atoms with Crippen molar-refractivity contribution in [3.8, 4) is 0 Å². The number of hydrogen-bond acceptors (Lipinski definition) is 3. The summed E-state index contributed by atoms with van der Waals surface area (Å²) in [6.45, 7) is 1.61. The van der Waals surface area contributed by atoms with E-state index >= 15 is 0 Å². The van der Waals surface area contributed by atoms with Gasteiger partial charge in [-0.3, -0.25) is 9.78 Å². The van der Waals surface area contributed by atoms with E-state index in [1.165, 1.54) is 17.3 Å². The second-order valence-corrected chi connectivity index (χ2v) is 4.08. The van der Waals surface area contributed by atoms with Gasteiger partial charge in [0, 0.05) is 25.1 Å². The molecular weight excluding hydrogens is 182 g/mol. The molecule has 0 unspecified atom stereocenters. The fourth-order valence-electron chi connectivity index (χ4n) is 1.04. The fourth-order valence-corrected chi connectivity index (χ4v) is 1.61. The van der Waals surface area contributed by atoms with Gasteiger partial charge < -0.3 is 0 Å². The Kier molecular flexibility index (Phi) is 4.54. The summed E-state index contributed by atoms with van der Waals surface area (Å²) in [5, 5.41) is 0.200. The van der Waals surface area contributed by atoms with Crippen LogP contribution in [-0.2, 0) is 11.2 Å². The van der Waals surface area contributed by atoms with E-state index in [0.717, 1.165) is 18.6 Å². The molecule has 0 radical (unpaired) electrons. The molecule has 0 aromatic carbocycles. The van der Waals surface area contributed by atoms with Crippen LogP contribution in [0.2, 0.25) is 0 Å². The van der Waals surface area contributed by atoms with Gasteiger partial charge in [0.25, 0.3) is 0 Å². The van der Waals surface area contributed by atoms with Crippen molar-refractivity contribution in [3.63, 3.8) is 0 Å². The molecule has 0 aliphatic heterocycles. The Hall–Kier alpha value is -0.830. The van der Waals surface area contributed by atoms with Crippen LogP contribution < -0.4 is 0 Å². The molecule has 0 spiro atoms. The summed E-state index contributed by atoms with van der Waals surface area (Å²) in [7, 11) is 0. The van der Waals surface area contributed by atoms with Crippen LogP contribution >= 0.6 is 11.8 Å². The van der Waals surface area contributed by atoms with Crippen LogP contribution in [0.1, 0.15) is 18.9 Å². The van der Waals surface area contributed by atoms with Crippen molar-refractivity contribution >= 4 is 16.9 Å². The molecule has 0 N–H and O–H groups in total. The maximum atomic E-state index is 10.6. The summed E-state index contributed by atoms with van der Waals surface area (Å²) in [6.07, 6.45) is 5.69. The summed E-state index contributed by atoms with van der Waals surface area (Å²) >= 11 is 1.39. The molecule has 0 amide bonds. The second kappa shape index (κ2) is 5.75. The number of hydrogen-bond donors (Lipinski definition) is 0. The molecule has 70 valence electrons. The van der Waals surface area contributed by atoms with Crippen molar-refractivity contribution in [2.45, 2.75) is 19.8 Å². The number of rotatable bonds is 4. The lowest BCUT2D eigenvalue weighted by molar-refractivity contribution is -0.109. The first-order valence-electron chi connectivity index (χ1n) is 4.31. The van der Waals surface area contributed by atoms with Crippen molar-refractivity contribution in [3.05, 3.63) is 30.1 Å². The van der Waals surface area contributed by atoms with E-state index in [1.54, 1.807) is 13.1 Å². The quantitative estimate of drug-likeness (QED) is 0.690. The number of carbonyl (C=O) groups is 1. The van der Waals surface area contributed by atoms with Crippen molar-refractivity contribution in [2.75, 3.05) is 5.75 Å². The van der Waals surface area contributed by atoms with Gasteiger partial charge in [-0.1, -0.05) is 17.8 Å². The zero-order chi connectivity index (χ0) is 9.52. The van der Waals surface area contributed by atoms with Crippen LogP contribution in [0.25, 0.3) is 0 Å². The average Bonchev–Trinajstić information content (AvgIpc) is 2.14. The largest absolute Gasteiger partial charge is 0.288 e. The van der Waals surface area contributed by atoms with Gasteiger partial charge in [0.2, 0.25) is 0 Å². The van der Waals surface area contributed by atoms with Gasteiger partial charge in [0.15, 0.2) is 5.12 Å². The second-order valence-electron chi connectivity index (χ2n) is 2.80. The summed E-state index contributed by atoms with van der Waals surface area (Å²) in [5.74, 6) is 0.907. The molecule has 0 aliphatic rings. The first kappa shape index (κ1) is 10.3. The molecule has 3 heteroatoms. The topological polar surface area (TPSA) is 30.0 Å². The third kappa shape index (κ3) is 4.68. The normalized spacial score (nSPS) is 9.92. The Morgan fingerprint density at radius 2 is 2.46 bits per heavy atom. The van der Waals surface area contributed by atoms with E-state index in [9.17, 15) is 4.79 Å². The molecule has 1 aromatic heterocycles. The van der Waals surface area contributed by atoms with Crippen molar-refractivity contribution in [1.29, 1.82) is 0 Å². The van der Waals surface area contributed by atoms with Gasteiger partial charge in [-0.05, 0) is 24.5 Å². The Morgan fingerprint density at radius 3 is 3.08 bits per heavy atom. The van der Waals surface area contributed by atoms with E-state index in [0.29, 0.717) is 0 Å². The molecule has 0 saturated carbocycles. The lowest BCUT2D eigenvalue weighted by Crippen LogP contribution is -1.90. The van der Waals surface area contributed by atoms with E-state index < -0.39 is 0 Å². The molecule has 0 atom stereocenters. The number of thioether (sulfide) groups is 1. The van der Waals surface area contributed by atoms with E-state index in [-0.39, 0.29) is 5.12 Å². The van der Waals surface area contributed by atoms with Crippen LogP contribution in [0.5, 0.6) is 0 Å². The number of aryl methyl sites for hydroxylation is 1. The standard InChI is InChI=1S/C10H13NOS/c1-9(12)13-7-3-5-10-4-2-6-11-8-10/h2,4,6,8H,3,5,7H2,1H3. The molecule has 13 heavy (non-hydrogen) atoms. The van der Waals surface area contributed by atoms with Crippen LogP contribution in [0.15, 0.2) is 24.5 Å². The molecule has 1 rings (SSSR count). The molecule has 2 nitrogen and oxygen atoms in total. The zero-order valence-corrected chi connectivity index (χ0v) is 8.51. The molecule has 0 bridgehead atoms. The van der Waals surface area contributed by atoms with Crippen LogP contribution in [-0.4, -0.2) is 15.9 Å². The minimum atomic E-state index is 0.200. The maximum absolute atomic E-state index is 10.6. The van der Waals surface area contributed by atoms with Gasteiger partial charge >= 0.3 is 0 Å². The van der Waals surface area contributed by atoms with Crippen LogP contribution in [0, 0.1) is 0 Å². The fraction of sp³-hybridized carbons (Fsp3) is 0.400. The Balaban J connectivity index is 2.17. The van der Waals surface area contributed by atoms with Gasteiger partial charge in [-0.25, -0.2) is 0 Å². The lowest BCUT2D eigenvalue weighted by atomic mass is 10.2. The molecule has 0 saturated heterocycles.